The molecular formula is C20H21ClO. The molecule has 0 aromatic heterocycles. The van der Waals surface area contributed by atoms with E-state index in [0.29, 0.717) is 5.02 Å². The summed E-state index contributed by atoms with van der Waals surface area (Å²) in [6, 6.07) is 9.24. The Bertz CT molecular complexity index is 907. The maximum absolute atomic E-state index is 12.5. The Morgan fingerprint density at radius 2 is 1.82 bits per heavy atom. The molecule has 1 unspecified atom stereocenters. The number of allylic oxidation sites excluding steroid dienone is 2. The lowest BCUT2D eigenvalue weighted by Crippen LogP contribution is -2.36. The molecule has 114 valence electrons. The number of fused-ring (bicyclic) bond motifs is 1. The average molecular weight is 313 g/mol. The lowest BCUT2D eigenvalue weighted by molar-refractivity contribution is 0.905. The Balaban J connectivity index is 3.00. The lowest BCUT2D eigenvalue weighted by atomic mass is 10.0. The van der Waals surface area contributed by atoms with Crippen LogP contribution in [0.5, 0.6) is 0 Å². The van der Waals surface area contributed by atoms with Gasteiger partial charge >= 0.3 is 0 Å². The first kappa shape index (κ1) is 16.5. The van der Waals surface area contributed by atoms with Crippen molar-refractivity contribution >= 4 is 34.5 Å². The van der Waals surface area contributed by atoms with Crippen molar-refractivity contribution in [3.63, 3.8) is 0 Å². The summed E-state index contributed by atoms with van der Waals surface area (Å²) in [7, 11) is 0. The van der Waals surface area contributed by atoms with Crippen LogP contribution in [0.3, 0.4) is 0 Å². The number of halogens is 1. The van der Waals surface area contributed by atoms with Crippen molar-refractivity contribution in [3.05, 3.63) is 67.7 Å². The Morgan fingerprint density at radius 1 is 1.14 bits per heavy atom. The minimum atomic E-state index is 0.0381. The first-order valence-corrected chi connectivity index (χ1v) is 7.89. The van der Waals surface area contributed by atoms with E-state index in [4.69, 9.17) is 11.6 Å². The summed E-state index contributed by atoms with van der Waals surface area (Å²) >= 11 is 6.15. The maximum atomic E-state index is 12.5. The smallest absolute Gasteiger partial charge is 0.186 e. The highest BCUT2D eigenvalue weighted by molar-refractivity contribution is 6.31. The van der Waals surface area contributed by atoms with Crippen LogP contribution in [0.2, 0.25) is 5.02 Å². The quantitative estimate of drug-likeness (QED) is 0.765. The van der Waals surface area contributed by atoms with Gasteiger partial charge in [-0.2, -0.15) is 0 Å². The number of rotatable bonds is 2. The predicted molar refractivity (Wildman–Crippen MR) is 97.7 cm³/mol. The van der Waals surface area contributed by atoms with Crippen LogP contribution in [0.4, 0.5) is 0 Å². The van der Waals surface area contributed by atoms with E-state index in [1.807, 2.05) is 50.3 Å². The highest BCUT2D eigenvalue weighted by Gasteiger charge is 2.03. The molecule has 1 nitrogen and oxygen atoms in total. The van der Waals surface area contributed by atoms with Crippen LogP contribution in [0, 0.1) is 5.92 Å². The van der Waals surface area contributed by atoms with E-state index in [0.717, 1.165) is 21.2 Å². The van der Waals surface area contributed by atoms with E-state index in [1.165, 1.54) is 5.57 Å². The number of hydrogen-bond donors (Lipinski definition) is 0. The SMILES string of the molecule is CC=C(C)C(C)C=c1c(=O)ccc2ccc(Cl)cc2c1=CC. The summed E-state index contributed by atoms with van der Waals surface area (Å²) in [5.74, 6) is 0.216. The summed E-state index contributed by atoms with van der Waals surface area (Å²) in [5.41, 5.74) is 1.28. The number of hydrogen-bond acceptors (Lipinski definition) is 1. The molecule has 0 N–H and O–H groups in total. The van der Waals surface area contributed by atoms with Crippen LogP contribution in [0.1, 0.15) is 27.7 Å². The van der Waals surface area contributed by atoms with Gasteiger partial charge in [0.25, 0.3) is 0 Å². The van der Waals surface area contributed by atoms with Gasteiger partial charge in [-0.3, -0.25) is 4.79 Å². The first-order chi connectivity index (χ1) is 10.5. The zero-order valence-corrected chi connectivity index (χ0v) is 14.2. The molecule has 0 radical (unpaired) electrons. The van der Waals surface area contributed by atoms with Gasteiger partial charge in [0.05, 0.1) is 0 Å². The Hall–Kier alpha value is -1.86. The van der Waals surface area contributed by atoms with Crippen molar-refractivity contribution in [1.29, 1.82) is 0 Å². The van der Waals surface area contributed by atoms with Gasteiger partial charge in [-0.1, -0.05) is 54.5 Å². The summed E-state index contributed by atoms with van der Waals surface area (Å²) < 4.78 is 0. The van der Waals surface area contributed by atoms with Gasteiger partial charge in [0.1, 0.15) is 0 Å². The third kappa shape index (κ3) is 3.31. The molecule has 22 heavy (non-hydrogen) atoms. The van der Waals surface area contributed by atoms with Gasteiger partial charge in [0.15, 0.2) is 5.43 Å². The molecule has 2 aromatic carbocycles. The van der Waals surface area contributed by atoms with E-state index < -0.39 is 0 Å². The van der Waals surface area contributed by atoms with Crippen molar-refractivity contribution in [2.75, 3.05) is 0 Å². The fourth-order valence-corrected chi connectivity index (χ4v) is 2.74. The van der Waals surface area contributed by atoms with Crippen LogP contribution >= 0.6 is 11.6 Å². The molecule has 0 heterocycles. The van der Waals surface area contributed by atoms with E-state index in [1.54, 1.807) is 6.07 Å². The second kappa shape index (κ2) is 6.93. The van der Waals surface area contributed by atoms with Crippen LogP contribution < -0.4 is 15.9 Å². The van der Waals surface area contributed by atoms with Crippen molar-refractivity contribution < 1.29 is 0 Å². The lowest BCUT2D eigenvalue weighted by Gasteiger charge is -2.05. The molecule has 2 rings (SSSR count). The van der Waals surface area contributed by atoms with E-state index in [9.17, 15) is 4.79 Å². The summed E-state index contributed by atoms with van der Waals surface area (Å²) in [5, 5.41) is 4.40. The Morgan fingerprint density at radius 3 is 2.45 bits per heavy atom. The zero-order valence-electron chi connectivity index (χ0n) is 13.5. The molecule has 0 amide bonds. The maximum Gasteiger partial charge on any atom is 0.186 e. The summed E-state index contributed by atoms with van der Waals surface area (Å²) in [6.45, 7) is 8.17. The highest BCUT2D eigenvalue weighted by atomic mass is 35.5. The largest absolute Gasteiger partial charge is 0.289 e. The summed E-state index contributed by atoms with van der Waals surface area (Å²) in [4.78, 5) is 12.5. The molecule has 0 aliphatic carbocycles. The highest BCUT2D eigenvalue weighted by Crippen LogP contribution is 2.15. The molecule has 0 bridgehead atoms. The van der Waals surface area contributed by atoms with E-state index >= 15 is 0 Å². The van der Waals surface area contributed by atoms with Gasteiger partial charge < -0.3 is 0 Å². The molecule has 1 atom stereocenters. The fraction of sp³-hybridized carbons (Fsp3) is 0.250. The second-order valence-corrected chi connectivity index (χ2v) is 5.97. The van der Waals surface area contributed by atoms with E-state index in [-0.39, 0.29) is 11.3 Å². The summed E-state index contributed by atoms with van der Waals surface area (Å²) in [6.07, 6.45) is 6.12. The Labute approximate surface area is 136 Å². The molecule has 0 aliphatic heterocycles. The monoisotopic (exact) mass is 312 g/mol. The van der Waals surface area contributed by atoms with Crippen LogP contribution in [-0.2, 0) is 0 Å². The van der Waals surface area contributed by atoms with Crippen molar-refractivity contribution in [2.45, 2.75) is 27.7 Å². The molecule has 0 saturated carbocycles. The normalized spacial score (nSPS) is 15.4. The van der Waals surface area contributed by atoms with Crippen molar-refractivity contribution in [1.82, 2.24) is 0 Å². The Kier molecular flexibility index (Phi) is 5.20. The van der Waals surface area contributed by atoms with Gasteiger partial charge in [0.2, 0.25) is 0 Å². The zero-order chi connectivity index (χ0) is 16.3. The van der Waals surface area contributed by atoms with Crippen molar-refractivity contribution in [2.24, 2.45) is 5.92 Å². The fourth-order valence-electron chi connectivity index (χ4n) is 2.57. The number of benzene rings is 1. The van der Waals surface area contributed by atoms with Crippen LogP contribution in [0.15, 0.2) is 46.8 Å². The van der Waals surface area contributed by atoms with Crippen LogP contribution in [-0.4, -0.2) is 0 Å². The molecular weight excluding hydrogens is 292 g/mol. The molecule has 0 fully saturated rings. The van der Waals surface area contributed by atoms with Gasteiger partial charge in [-0.25, -0.2) is 0 Å². The van der Waals surface area contributed by atoms with Gasteiger partial charge in [-0.05, 0) is 60.9 Å². The van der Waals surface area contributed by atoms with E-state index in [2.05, 4.69) is 19.9 Å². The first-order valence-electron chi connectivity index (χ1n) is 7.51. The second-order valence-electron chi connectivity index (χ2n) is 5.53. The van der Waals surface area contributed by atoms with Crippen LogP contribution in [0.25, 0.3) is 22.9 Å². The third-order valence-electron chi connectivity index (χ3n) is 4.15. The topological polar surface area (TPSA) is 17.1 Å². The molecule has 0 aliphatic rings. The molecule has 2 aromatic rings. The van der Waals surface area contributed by atoms with Gasteiger partial charge in [-0.15, -0.1) is 0 Å². The minimum Gasteiger partial charge on any atom is -0.289 e. The predicted octanol–water partition coefficient (Wildman–Crippen LogP) is 4.04. The van der Waals surface area contributed by atoms with Crippen molar-refractivity contribution in [3.8, 4) is 0 Å². The minimum absolute atomic E-state index is 0.0381. The molecule has 0 spiro atoms. The third-order valence-corrected chi connectivity index (χ3v) is 4.39. The average Bonchev–Trinajstić information content (AvgIpc) is 2.64. The standard InChI is InChI=1S/C20H21ClO/c1-5-13(3)14(4)11-19-17(6-2)18-12-16(21)9-7-15(18)8-10-20(19)22/h5-12,14H,1-4H3. The molecule has 0 saturated heterocycles. The van der Waals surface area contributed by atoms with Gasteiger partial charge in [0, 0.05) is 10.2 Å². The molecule has 2 heteroatoms.